The molecule has 2 aromatic rings. The summed E-state index contributed by atoms with van der Waals surface area (Å²) in [5.74, 6) is 2.35. The lowest BCUT2D eigenvalue weighted by molar-refractivity contribution is 0.482. The SMILES string of the molecule is Cc1nc(CNCc2ccc(Cl)o2)n[nH]1. The van der Waals surface area contributed by atoms with E-state index in [0.717, 1.165) is 17.4 Å². The van der Waals surface area contributed by atoms with E-state index in [1.54, 1.807) is 6.07 Å². The van der Waals surface area contributed by atoms with E-state index in [0.29, 0.717) is 18.3 Å². The molecule has 0 unspecified atom stereocenters. The van der Waals surface area contributed by atoms with Gasteiger partial charge in [0, 0.05) is 0 Å². The second-order valence-electron chi connectivity index (χ2n) is 3.15. The van der Waals surface area contributed by atoms with Gasteiger partial charge in [0.2, 0.25) is 0 Å². The van der Waals surface area contributed by atoms with E-state index in [1.165, 1.54) is 0 Å². The first-order valence-electron chi connectivity index (χ1n) is 4.57. The highest BCUT2D eigenvalue weighted by Gasteiger charge is 2.01. The van der Waals surface area contributed by atoms with Gasteiger partial charge < -0.3 is 9.73 Å². The van der Waals surface area contributed by atoms with Gasteiger partial charge in [0.05, 0.1) is 13.1 Å². The fourth-order valence-corrected chi connectivity index (χ4v) is 1.37. The molecule has 0 spiro atoms. The van der Waals surface area contributed by atoms with Crippen LogP contribution in [0.25, 0.3) is 0 Å². The molecule has 6 heteroatoms. The highest BCUT2D eigenvalue weighted by molar-refractivity contribution is 6.28. The molecule has 2 N–H and O–H groups in total. The topological polar surface area (TPSA) is 66.7 Å². The molecule has 0 saturated carbocycles. The van der Waals surface area contributed by atoms with Crippen LogP contribution < -0.4 is 5.32 Å². The third kappa shape index (κ3) is 2.81. The second kappa shape index (κ2) is 4.46. The summed E-state index contributed by atoms with van der Waals surface area (Å²) in [5.41, 5.74) is 0. The lowest BCUT2D eigenvalue weighted by atomic mass is 10.4. The summed E-state index contributed by atoms with van der Waals surface area (Å²) >= 11 is 5.64. The van der Waals surface area contributed by atoms with Crippen molar-refractivity contribution >= 4 is 11.6 Å². The summed E-state index contributed by atoms with van der Waals surface area (Å²) < 4.78 is 5.18. The number of nitrogens with one attached hydrogen (secondary N) is 2. The first-order valence-corrected chi connectivity index (χ1v) is 4.94. The quantitative estimate of drug-likeness (QED) is 0.832. The molecule has 0 saturated heterocycles. The highest BCUT2D eigenvalue weighted by Crippen LogP contribution is 2.12. The largest absolute Gasteiger partial charge is 0.448 e. The lowest BCUT2D eigenvalue weighted by Gasteiger charge is -1.97. The van der Waals surface area contributed by atoms with Crippen molar-refractivity contribution in [2.45, 2.75) is 20.0 Å². The van der Waals surface area contributed by atoms with Crippen molar-refractivity contribution in [2.24, 2.45) is 0 Å². The molecule has 0 aliphatic heterocycles. The Morgan fingerprint density at radius 1 is 1.47 bits per heavy atom. The Balaban J connectivity index is 1.80. The second-order valence-corrected chi connectivity index (χ2v) is 3.52. The molecule has 2 aromatic heterocycles. The molecule has 0 radical (unpaired) electrons. The maximum atomic E-state index is 5.64. The molecule has 0 amide bonds. The number of aryl methyl sites for hydroxylation is 1. The van der Waals surface area contributed by atoms with Gasteiger partial charge in [-0.05, 0) is 30.7 Å². The van der Waals surface area contributed by atoms with Crippen LogP contribution in [0.3, 0.4) is 0 Å². The number of rotatable bonds is 4. The van der Waals surface area contributed by atoms with Crippen LogP contribution in [0.2, 0.25) is 5.22 Å². The van der Waals surface area contributed by atoms with E-state index in [-0.39, 0.29) is 0 Å². The number of hydrogen-bond donors (Lipinski definition) is 2. The fourth-order valence-electron chi connectivity index (χ4n) is 1.21. The summed E-state index contributed by atoms with van der Waals surface area (Å²) in [6.07, 6.45) is 0. The van der Waals surface area contributed by atoms with Crippen molar-refractivity contribution in [3.8, 4) is 0 Å². The van der Waals surface area contributed by atoms with Gasteiger partial charge in [-0.3, -0.25) is 5.10 Å². The molecule has 2 rings (SSSR count). The van der Waals surface area contributed by atoms with E-state index in [1.807, 2.05) is 13.0 Å². The third-order valence-corrected chi connectivity index (χ3v) is 2.06. The molecule has 0 bridgehead atoms. The predicted octanol–water partition coefficient (Wildman–Crippen LogP) is 1.65. The molecule has 0 aromatic carbocycles. The van der Waals surface area contributed by atoms with Crippen LogP contribution in [-0.2, 0) is 13.1 Å². The van der Waals surface area contributed by atoms with Crippen LogP contribution in [0.15, 0.2) is 16.5 Å². The Kier molecular flexibility index (Phi) is 3.03. The summed E-state index contributed by atoms with van der Waals surface area (Å²) in [6.45, 7) is 3.08. The van der Waals surface area contributed by atoms with E-state index in [9.17, 15) is 0 Å². The Bertz CT molecular complexity index is 397. The van der Waals surface area contributed by atoms with Gasteiger partial charge in [0.1, 0.15) is 11.6 Å². The zero-order valence-corrected chi connectivity index (χ0v) is 9.01. The van der Waals surface area contributed by atoms with Gasteiger partial charge in [-0.15, -0.1) is 0 Å². The summed E-state index contributed by atoms with van der Waals surface area (Å²) in [6, 6.07) is 3.55. The standard InChI is InChI=1S/C9H11ClN4O/c1-6-12-9(14-13-6)5-11-4-7-2-3-8(10)15-7/h2-3,11H,4-5H2,1H3,(H,12,13,14). The van der Waals surface area contributed by atoms with Crippen molar-refractivity contribution in [2.75, 3.05) is 0 Å². The first-order chi connectivity index (χ1) is 7.24. The van der Waals surface area contributed by atoms with Gasteiger partial charge in [-0.25, -0.2) is 4.98 Å². The van der Waals surface area contributed by atoms with Gasteiger partial charge in [-0.1, -0.05) is 0 Å². The number of H-pyrrole nitrogens is 1. The highest BCUT2D eigenvalue weighted by atomic mass is 35.5. The van der Waals surface area contributed by atoms with Crippen LogP contribution in [0, 0.1) is 6.92 Å². The summed E-state index contributed by atoms with van der Waals surface area (Å²) in [7, 11) is 0. The van der Waals surface area contributed by atoms with E-state index >= 15 is 0 Å². The minimum atomic E-state index is 0.403. The molecular formula is C9H11ClN4O. The number of hydrogen-bond acceptors (Lipinski definition) is 4. The minimum absolute atomic E-state index is 0.403. The van der Waals surface area contributed by atoms with E-state index in [2.05, 4.69) is 20.5 Å². The first kappa shape index (κ1) is 10.2. The molecule has 0 fully saturated rings. The number of nitrogens with zero attached hydrogens (tertiary/aromatic N) is 2. The van der Waals surface area contributed by atoms with E-state index < -0.39 is 0 Å². The van der Waals surface area contributed by atoms with Crippen LogP contribution in [0.1, 0.15) is 17.4 Å². The molecule has 0 aliphatic carbocycles. The van der Waals surface area contributed by atoms with Crippen molar-refractivity contribution in [1.29, 1.82) is 0 Å². The van der Waals surface area contributed by atoms with Crippen LogP contribution >= 0.6 is 11.6 Å². The van der Waals surface area contributed by atoms with E-state index in [4.69, 9.17) is 16.0 Å². The summed E-state index contributed by atoms with van der Waals surface area (Å²) in [4.78, 5) is 4.16. The van der Waals surface area contributed by atoms with Gasteiger partial charge in [0.25, 0.3) is 0 Å². The molecule has 15 heavy (non-hydrogen) atoms. The van der Waals surface area contributed by atoms with Crippen molar-refractivity contribution in [3.63, 3.8) is 0 Å². The van der Waals surface area contributed by atoms with Gasteiger partial charge in [0.15, 0.2) is 11.0 Å². The Hall–Kier alpha value is -1.33. The molecule has 2 heterocycles. The lowest BCUT2D eigenvalue weighted by Crippen LogP contribution is -2.13. The Morgan fingerprint density at radius 2 is 2.33 bits per heavy atom. The monoisotopic (exact) mass is 226 g/mol. The van der Waals surface area contributed by atoms with Crippen molar-refractivity contribution in [3.05, 3.63) is 34.8 Å². The molecule has 0 atom stereocenters. The Morgan fingerprint density at radius 3 is 2.93 bits per heavy atom. The van der Waals surface area contributed by atoms with Crippen molar-refractivity contribution in [1.82, 2.24) is 20.5 Å². The minimum Gasteiger partial charge on any atom is -0.448 e. The number of halogens is 1. The summed E-state index contributed by atoms with van der Waals surface area (Å²) in [5, 5.41) is 10.3. The third-order valence-electron chi connectivity index (χ3n) is 1.85. The Labute approximate surface area is 91.8 Å². The number of aromatic nitrogens is 3. The smallest absolute Gasteiger partial charge is 0.193 e. The maximum Gasteiger partial charge on any atom is 0.193 e. The van der Waals surface area contributed by atoms with Crippen LogP contribution in [0.5, 0.6) is 0 Å². The normalized spacial score (nSPS) is 10.8. The number of furan rings is 1. The van der Waals surface area contributed by atoms with Gasteiger partial charge in [-0.2, -0.15) is 5.10 Å². The van der Waals surface area contributed by atoms with Gasteiger partial charge >= 0.3 is 0 Å². The molecule has 80 valence electrons. The zero-order valence-electron chi connectivity index (χ0n) is 8.25. The fraction of sp³-hybridized carbons (Fsp3) is 0.333. The molecule has 5 nitrogen and oxygen atoms in total. The maximum absolute atomic E-state index is 5.64. The molecular weight excluding hydrogens is 216 g/mol. The van der Waals surface area contributed by atoms with Crippen molar-refractivity contribution < 1.29 is 4.42 Å². The van der Waals surface area contributed by atoms with Crippen LogP contribution in [-0.4, -0.2) is 15.2 Å². The van der Waals surface area contributed by atoms with Crippen LogP contribution in [0.4, 0.5) is 0 Å². The zero-order chi connectivity index (χ0) is 10.7. The molecule has 0 aliphatic rings. The predicted molar refractivity (Wildman–Crippen MR) is 55.4 cm³/mol. The average molecular weight is 227 g/mol. The average Bonchev–Trinajstić information content (AvgIpc) is 2.76. The number of aromatic amines is 1.